The van der Waals surface area contributed by atoms with E-state index in [2.05, 4.69) is 48.9 Å². The van der Waals surface area contributed by atoms with Crippen LogP contribution >= 0.6 is 15.9 Å². The minimum absolute atomic E-state index is 0.0281. The molecular weight excluding hydrogens is 480 g/mol. The predicted molar refractivity (Wildman–Crippen MR) is 136 cm³/mol. The van der Waals surface area contributed by atoms with Gasteiger partial charge in [-0.1, -0.05) is 68.2 Å². The number of carbonyl (C=O) groups excluding carboxylic acids is 2. The third-order valence-corrected chi connectivity index (χ3v) is 5.77. The zero-order chi connectivity index (χ0) is 24.0. The van der Waals surface area contributed by atoms with Gasteiger partial charge in [-0.05, 0) is 42.8 Å². The lowest BCUT2D eigenvalue weighted by atomic mass is 9.92. The van der Waals surface area contributed by atoms with Gasteiger partial charge in [-0.3, -0.25) is 9.59 Å². The molecule has 0 saturated carbocycles. The summed E-state index contributed by atoms with van der Waals surface area (Å²) in [4.78, 5) is 27.8. The Bertz CT molecular complexity index is 1090. The topological polar surface area (TPSA) is 67.2 Å². The molecule has 174 valence electrons. The molecule has 3 rings (SSSR count). The van der Waals surface area contributed by atoms with Crippen molar-refractivity contribution in [1.29, 1.82) is 0 Å². The highest BCUT2D eigenvalue weighted by Crippen LogP contribution is 2.26. The molecule has 0 aliphatic heterocycles. The van der Waals surface area contributed by atoms with Crippen LogP contribution in [0.1, 0.15) is 56.6 Å². The third-order valence-electron chi connectivity index (χ3n) is 5.24. The van der Waals surface area contributed by atoms with Gasteiger partial charge in [-0.2, -0.15) is 5.10 Å². The number of anilines is 1. The average molecular weight is 511 g/mol. The molecule has 1 N–H and O–H groups in total. The lowest BCUT2D eigenvalue weighted by Crippen LogP contribution is -2.39. The van der Waals surface area contributed by atoms with Crippen LogP contribution in [0.3, 0.4) is 0 Å². The number of nitrogens with zero attached hydrogens (tertiary/aromatic N) is 3. The van der Waals surface area contributed by atoms with E-state index in [1.165, 1.54) is 0 Å². The van der Waals surface area contributed by atoms with E-state index in [0.29, 0.717) is 17.9 Å². The van der Waals surface area contributed by atoms with Crippen LogP contribution in [0, 0.1) is 0 Å². The Labute approximate surface area is 204 Å². The normalized spacial score (nSPS) is 11.3. The highest BCUT2D eigenvalue weighted by Gasteiger charge is 2.23. The van der Waals surface area contributed by atoms with Crippen molar-refractivity contribution >= 4 is 33.6 Å². The van der Waals surface area contributed by atoms with Crippen molar-refractivity contribution in [2.75, 3.05) is 18.4 Å². The monoisotopic (exact) mass is 510 g/mol. The van der Waals surface area contributed by atoms with Crippen molar-refractivity contribution in [2.45, 2.75) is 46.0 Å². The van der Waals surface area contributed by atoms with Gasteiger partial charge in [0.05, 0.1) is 11.4 Å². The second kappa shape index (κ2) is 10.8. The molecule has 2 amide bonds. The van der Waals surface area contributed by atoms with Crippen LogP contribution in [-0.2, 0) is 10.2 Å². The van der Waals surface area contributed by atoms with Crippen LogP contribution in [0.15, 0.2) is 65.1 Å². The van der Waals surface area contributed by atoms with E-state index in [-0.39, 0.29) is 23.8 Å². The molecule has 7 heteroatoms. The SMILES string of the molecule is CCCCN(CC(=O)Nc1cc(C(C)(C)C)nn1-c1ccccc1)C(=O)c1ccc(Br)cc1. The first-order valence-corrected chi connectivity index (χ1v) is 12.0. The molecule has 6 nitrogen and oxygen atoms in total. The van der Waals surface area contributed by atoms with Crippen LogP contribution in [-0.4, -0.2) is 39.6 Å². The van der Waals surface area contributed by atoms with E-state index in [9.17, 15) is 9.59 Å². The molecule has 0 bridgehead atoms. The van der Waals surface area contributed by atoms with Crippen LogP contribution in [0.2, 0.25) is 0 Å². The van der Waals surface area contributed by atoms with Gasteiger partial charge in [-0.25, -0.2) is 4.68 Å². The number of rotatable bonds is 8. The fourth-order valence-corrected chi connectivity index (χ4v) is 3.60. The number of hydrogen-bond donors (Lipinski definition) is 1. The second-order valence-corrected chi connectivity index (χ2v) is 9.96. The highest BCUT2D eigenvalue weighted by atomic mass is 79.9. The van der Waals surface area contributed by atoms with Crippen molar-refractivity contribution in [3.8, 4) is 5.69 Å². The number of para-hydroxylation sites is 1. The largest absolute Gasteiger partial charge is 0.329 e. The van der Waals surface area contributed by atoms with Crippen LogP contribution < -0.4 is 5.32 Å². The first-order chi connectivity index (χ1) is 15.7. The molecule has 0 spiro atoms. The minimum atomic E-state index is -0.255. The molecule has 2 aromatic carbocycles. The van der Waals surface area contributed by atoms with E-state index in [4.69, 9.17) is 5.10 Å². The van der Waals surface area contributed by atoms with Crippen molar-refractivity contribution in [3.63, 3.8) is 0 Å². The first kappa shape index (κ1) is 24.7. The summed E-state index contributed by atoms with van der Waals surface area (Å²) in [6.45, 7) is 8.80. The molecule has 33 heavy (non-hydrogen) atoms. The Hall–Kier alpha value is -2.93. The third kappa shape index (κ3) is 6.54. The number of amides is 2. The van der Waals surface area contributed by atoms with Gasteiger partial charge in [0.25, 0.3) is 5.91 Å². The number of unbranched alkanes of at least 4 members (excludes halogenated alkanes) is 1. The highest BCUT2D eigenvalue weighted by molar-refractivity contribution is 9.10. The molecule has 0 aliphatic carbocycles. The smallest absolute Gasteiger partial charge is 0.254 e. The Morgan fingerprint density at radius 1 is 1.06 bits per heavy atom. The molecule has 1 heterocycles. The van der Waals surface area contributed by atoms with Gasteiger partial charge in [0.2, 0.25) is 5.91 Å². The number of nitrogens with one attached hydrogen (secondary N) is 1. The summed E-state index contributed by atoms with van der Waals surface area (Å²) in [5.74, 6) is 0.176. The summed E-state index contributed by atoms with van der Waals surface area (Å²) in [6, 6.07) is 18.8. The zero-order valence-electron chi connectivity index (χ0n) is 19.6. The van der Waals surface area contributed by atoms with Crippen molar-refractivity contribution in [2.24, 2.45) is 0 Å². The molecule has 0 aliphatic rings. The second-order valence-electron chi connectivity index (χ2n) is 9.05. The maximum Gasteiger partial charge on any atom is 0.254 e. The summed E-state index contributed by atoms with van der Waals surface area (Å²) >= 11 is 3.40. The summed E-state index contributed by atoms with van der Waals surface area (Å²) in [7, 11) is 0. The standard InChI is InChI=1S/C26H31BrN4O2/c1-5-6-16-30(25(33)19-12-14-20(27)15-13-19)18-24(32)28-23-17-22(26(2,3)4)29-31(23)21-10-8-7-9-11-21/h7-15,17H,5-6,16,18H2,1-4H3,(H,28,32). The molecular formula is C26H31BrN4O2. The van der Waals surface area contributed by atoms with Gasteiger partial charge in [-0.15, -0.1) is 0 Å². The van der Waals surface area contributed by atoms with E-state index < -0.39 is 0 Å². The number of benzene rings is 2. The van der Waals surface area contributed by atoms with E-state index in [1.807, 2.05) is 48.5 Å². The predicted octanol–water partition coefficient (Wildman–Crippen LogP) is 5.81. The average Bonchev–Trinajstić information content (AvgIpc) is 3.21. The van der Waals surface area contributed by atoms with Crippen molar-refractivity contribution in [1.82, 2.24) is 14.7 Å². The quantitative estimate of drug-likeness (QED) is 0.415. The zero-order valence-corrected chi connectivity index (χ0v) is 21.2. The van der Waals surface area contributed by atoms with E-state index in [0.717, 1.165) is 28.7 Å². The van der Waals surface area contributed by atoms with Gasteiger partial charge >= 0.3 is 0 Å². The Balaban J connectivity index is 1.83. The number of carbonyl (C=O) groups is 2. The molecule has 3 aromatic rings. The summed E-state index contributed by atoms with van der Waals surface area (Å²) < 4.78 is 2.64. The van der Waals surface area contributed by atoms with E-state index in [1.54, 1.807) is 21.7 Å². The van der Waals surface area contributed by atoms with Crippen LogP contribution in [0.25, 0.3) is 5.69 Å². The molecule has 0 saturated heterocycles. The molecule has 0 radical (unpaired) electrons. The molecule has 0 unspecified atom stereocenters. The summed E-state index contributed by atoms with van der Waals surface area (Å²) in [5, 5.41) is 7.73. The Morgan fingerprint density at radius 2 is 1.73 bits per heavy atom. The summed E-state index contributed by atoms with van der Waals surface area (Å²) in [6.07, 6.45) is 1.76. The van der Waals surface area contributed by atoms with E-state index >= 15 is 0 Å². The Morgan fingerprint density at radius 3 is 2.33 bits per heavy atom. The Kier molecular flexibility index (Phi) is 8.08. The first-order valence-electron chi connectivity index (χ1n) is 11.2. The fraction of sp³-hybridized carbons (Fsp3) is 0.346. The summed E-state index contributed by atoms with van der Waals surface area (Å²) in [5.41, 5.74) is 2.11. The fourth-order valence-electron chi connectivity index (χ4n) is 3.33. The molecule has 1 aromatic heterocycles. The van der Waals surface area contributed by atoms with Crippen LogP contribution in [0.5, 0.6) is 0 Å². The molecule has 0 atom stereocenters. The van der Waals surface area contributed by atoms with Crippen LogP contribution in [0.4, 0.5) is 5.82 Å². The van der Waals surface area contributed by atoms with Crippen molar-refractivity contribution in [3.05, 3.63) is 76.4 Å². The van der Waals surface area contributed by atoms with Gasteiger partial charge in [0, 0.05) is 28.1 Å². The molecule has 0 fully saturated rings. The minimum Gasteiger partial charge on any atom is -0.329 e. The maximum atomic E-state index is 13.1. The number of aromatic nitrogens is 2. The lowest BCUT2D eigenvalue weighted by molar-refractivity contribution is -0.116. The van der Waals surface area contributed by atoms with Crippen molar-refractivity contribution < 1.29 is 9.59 Å². The van der Waals surface area contributed by atoms with Gasteiger partial charge < -0.3 is 10.2 Å². The maximum absolute atomic E-state index is 13.1. The number of halogens is 1. The lowest BCUT2D eigenvalue weighted by Gasteiger charge is -2.22. The van der Waals surface area contributed by atoms with Gasteiger partial charge in [0.1, 0.15) is 12.4 Å². The van der Waals surface area contributed by atoms with Gasteiger partial charge in [0.15, 0.2) is 0 Å². The number of hydrogen-bond acceptors (Lipinski definition) is 3.